The van der Waals surface area contributed by atoms with Gasteiger partial charge in [-0.1, -0.05) is 19.3 Å². The summed E-state index contributed by atoms with van der Waals surface area (Å²) in [5.74, 6) is -0.953. The van der Waals surface area contributed by atoms with Crippen molar-refractivity contribution in [1.82, 2.24) is 30.4 Å². The zero-order chi connectivity index (χ0) is 27.3. The zero-order valence-electron chi connectivity index (χ0n) is 20.8. The number of amides is 2. The van der Waals surface area contributed by atoms with Gasteiger partial charge in [-0.15, -0.1) is 0 Å². The van der Waals surface area contributed by atoms with Crippen molar-refractivity contribution in [2.24, 2.45) is 0 Å². The third kappa shape index (κ3) is 6.77. The normalized spacial score (nSPS) is 15.3. The Morgan fingerprint density at radius 3 is 2.61 bits per heavy atom. The van der Waals surface area contributed by atoms with Crippen molar-refractivity contribution < 1.29 is 32.6 Å². The van der Waals surface area contributed by atoms with Gasteiger partial charge in [0.15, 0.2) is 6.61 Å². The molecule has 3 aromatic rings. The lowest BCUT2D eigenvalue weighted by Gasteiger charge is -2.30. The van der Waals surface area contributed by atoms with Crippen LogP contribution in [-0.4, -0.2) is 68.1 Å². The molecule has 1 saturated carbocycles. The summed E-state index contributed by atoms with van der Waals surface area (Å²) in [6.45, 7) is 0.763. The first-order chi connectivity index (χ1) is 18.0. The number of carbonyl (C=O) groups is 2. The van der Waals surface area contributed by atoms with E-state index in [1.54, 1.807) is 29.9 Å². The Kier molecular flexibility index (Phi) is 8.14. The molecular formula is C25H29F3N6O4. The fraction of sp³-hybridized carbons (Fsp3) is 0.480. The van der Waals surface area contributed by atoms with Crippen LogP contribution < -0.4 is 15.4 Å². The molecule has 3 N–H and O–H groups in total. The molecule has 1 aliphatic rings. The van der Waals surface area contributed by atoms with Crippen LogP contribution in [0.4, 0.5) is 13.2 Å². The lowest BCUT2D eigenvalue weighted by molar-refractivity contribution is -0.154. The Morgan fingerprint density at radius 1 is 1.16 bits per heavy atom. The van der Waals surface area contributed by atoms with Gasteiger partial charge in [-0.2, -0.15) is 18.3 Å². The Balaban J connectivity index is 1.35. The molecule has 38 heavy (non-hydrogen) atoms. The number of nitrogens with one attached hydrogen (secondary N) is 2. The van der Waals surface area contributed by atoms with Gasteiger partial charge in [0.2, 0.25) is 5.88 Å². The molecule has 0 atom stereocenters. The minimum Gasteiger partial charge on any atom is -0.468 e. The predicted molar refractivity (Wildman–Crippen MR) is 131 cm³/mol. The predicted octanol–water partition coefficient (Wildman–Crippen LogP) is 2.67. The second-order valence-corrected chi connectivity index (χ2v) is 9.39. The van der Waals surface area contributed by atoms with Crippen LogP contribution in [0.3, 0.4) is 0 Å². The van der Waals surface area contributed by atoms with E-state index in [9.17, 15) is 27.9 Å². The van der Waals surface area contributed by atoms with Gasteiger partial charge in [0.25, 0.3) is 11.8 Å². The third-order valence-electron chi connectivity index (χ3n) is 6.30. The van der Waals surface area contributed by atoms with Crippen molar-refractivity contribution in [3.8, 4) is 5.88 Å². The van der Waals surface area contributed by atoms with Gasteiger partial charge >= 0.3 is 6.18 Å². The Bertz CT molecular complexity index is 1300. The molecule has 13 heteroatoms. The molecule has 3 heterocycles. The molecule has 10 nitrogen and oxygen atoms in total. The van der Waals surface area contributed by atoms with E-state index in [1.165, 1.54) is 12.4 Å². The number of hydrogen-bond acceptors (Lipinski definition) is 7. The lowest BCUT2D eigenvalue weighted by Crippen LogP contribution is -2.49. The van der Waals surface area contributed by atoms with Crippen molar-refractivity contribution in [3.05, 3.63) is 47.5 Å². The van der Waals surface area contributed by atoms with Crippen molar-refractivity contribution in [2.75, 3.05) is 19.7 Å². The second-order valence-electron chi connectivity index (χ2n) is 9.39. The van der Waals surface area contributed by atoms with Crippen LogP contribution in [0.25, 0.3) is 10.9 Å². The summed E-state index contributed by atoms with van der Waals surface area (Å²) in [5, 5.41) is 20.8. The molecule has 0 saturated heterocycles. The molecule has 3 aromatic heterocycles. The highest BCUT2D eigenvalue weighted by atomic mass is 19.4. The highest BCUT2D eigenvalue weighted by Crippen LogP contribution is 2.28. The molecule has 1 fully saturated rings. The highest BCUT2D eigenvalue weighted by molar-refractivity contribution is 6.04. The molecule has 0 spiro atoms. The van der Waals surface area contributed by atoms with Gasteiger partial charge < -0.3 is 20.5 Å². The Morgan fingerprint density at radius 2 is 1.89 bits per heavy atom. The molecule has 2 amide bonds. The van der Waals surface area contributed by atoms with E-state index < -0.39 is 30.2 Å². The first kappa shape index (κ1) is 27.3. The minimum atomic E-state index is -4.45. The van der Waals surface area contributed by atoms with E-state index in [2.05, 4.69) is 25.7 Å². The quantitative estimate of drug-likeness (QED) is 0.360. The van der Waals surface area contributed by atoms with Gasteiger partial charge in [-0.25, -0.2) is 4.98 Å². The monoisotopic (exact) mass is 534 g/mol. The number of alkyl halides is 3. The van der Waals surface area contributed by atoms with Crippen molar-refractivity contribution >= 4 is 22.7 Å². The van der Waals surface area contributed by atoms with Crippen LogP contribution >= 0.6 is 0 Å². The summed E-state index contributed by atoms with van der Waals surface area (Å²) in [6, 6.07) is 3.32. The van der Waals surface area contributed by atoms with Crippen molar-refractivity contribution in [1.29, 1.82) is 0 Å². The van der Waals surface area contributed by atoms with E-state index in [-0.39, 0.29) is 31.2 Å². The van der Waals surface area contributed by atoms with Gasteiger partial charge in [0.1, 0.15) is 11.3 Å². The molecule has 0 radical (unpaired) electrons. The van der Waals surface area contributed by atoms with Gasteiger partial charge in [-0.3, -0.25) is 19.3 Å². The summed E-state index contributed by atoms with van der Waals surface area (Å²) in [6.07, 6.45) is 3.57. The maximum atomic E-state index is 12.8. The fourth-order valence-corrected chi connectivity index (χ4v) is 4.42. The average molecular weight is 535 g/mol. The number of rotatable bonds is 9. The van der Waals surface area contributed by atoms with Crippen LogP contribution in [0.15, 0.2) is 30.7 Å². The van der Waals surface area contributed by atoms with Crippen LogP contribution in [0, 0.1) is 6.92 Å². The summed E-state index contributed by atoms with van der Waals surface area (Å²) < 4.78 is 43.6. The molecule has 204 valence electrons. The summed E-state index contributed by atoms with van der Waals surface area (Å²) in [7, 11) is 0. The topological polar surface area (TPSA) is 131 Å². The maximum absolute atomic E-state index is 12.8. The summed E-state index contributed by atoms with van der Waals surface area (Å²) in [4.78, 5) is 33.3. The molecule has 1 aliphatic carbocycles. The minimum absolute atomic E-state index is 0.0936. The maximum Gasteiger partial charge on any atom is 0.422 e. The van der Waals surface area contributed by atoms with E-state index in [0.717, 1.165) is 19.3 Å². The Hall–Kier alpha value is -3.74. The number of nitrogens with zero attached hydrogens (tertiary/aromatic N) is 4. The van der Waals surface area contributed by atoms with E-state index in [1.807, 2.05) is 0 Å². The zero-order valence-corrected chi connectivity index (χ0v) is 20.8. The van der Waals surface area contributed by atoms with E-state index in [0.29, 0.717) is 34.9 Å². The number of ether oxygens (including phenoxy) is 1. The fourth-order valence-electron chi connectivity index (χ4n) is 4.42. The number of aryl methyl sites for hydroxylation is 1. The highest BCUT2D eigenvalue weighted by Gasteiger charge is 2.36. The van der Waals surface area contributed by atoms with E-state index >= 15 is 0 Å². The molecule has 0 bridgehead atoms. The number of hydrogen-bond donors (Lipinski definition) is 3. The number of carbonyl (C=O) groups excluding carboxylic acids is 2. The second kappa shape index (κ2) is 11.3. The summed E-state index contributed by atoms with van der Waals surface area (Å²) >= 11 is 0. The molecule has 4 rings (SSSR count). The number of aliphatic hydroxyl groups is 1. The van der Waals surface area contributed by atoms with Gasteiger partial charge in [0.05, 0.1) is 17.4 Å². The molecular weight excluding hydrogens is 505 g/mol. The third-order valence-corrected chi connectivity index (χ3v) is 6.30. The number of pyridine rings is 2. The van der Waals surface area contributed by atoms with Crippen molar-refractivity contribution in [2.45, 2.75) is 57.3 Å². The molecule has 0 unspecified atom stereocenters. The first-order valence-electron chi connectivity index (χ1n) is 12.3. The van der Waals surface area contributed by atoms with Crippen LogP contribution in [-0.2, 0) is 11.3 Å². The first-order valence-corrected chi connectivity index (χ1v) is 12.3. The SMILES string of the molecule is Cc1cc(Cn2cc3c(C(=O)NCCNC(=O)C4(O)CCCCC4)nccc3n2)cnc1OCC(F)(F)F. The number of aromatic nitrogens is 4. The van der Waals surface area contributed by atoms with Gasteiger partial charge in [0, 0.05) is 37.2 Å². The molecule has 0 aliphatic heterocycles. The van der Waals surface area contributed by atoms with Crippen LogP contribution in [0.2, 0.25) is 0 Å². The smallest absolute Gasteiger partial charge is 0.422 e. The Labute approximate surface area is 216 Å². The number of halogens is 3. The largest absolute Gasteiger partial charge is 0.468 e. The van der Waals surface area contributed by atoms with Crippen LogP contribution in [0.1, 0.15) is 53.7 Å². The van der Waals surface area contributed by atoms with Crippen LogP contribution in [0.5, 0.6) is 5.88 Å². The average Bonchev–Trinajstić information content (AvgIpc) is 3.28. The lowest BCUT2D eigenvalue weighted by atomic mass is 9.84. The molecule has 0 aromatic carbocycles. The standard InChI is InChI=1S/C25H29F3N6O4/c1-16-11-17(12-32-22(16)38-15-25(26,27)28)13-34-14-18-19(33-34)5-8-29-20(18)21(35)30-9-10-31-23(36)24(37)6-3-2-4-7-24/h5,8,11-12,14,37H,2-4,6-7,9-10,13,15H2,1H3,(H,30,35)(H,31,36). The van der Waals surface area contributed by atoms with E-state index in [4.69, 9.17) is 4.74 Å². The summed E-state index contributed by atoms with van der Waals surface area (Å²) in [5.41, 5.74) is 0.495. The van der Waals surface area contributed by atoms with Crippen molar-refractivity contribution in [3.63, 3.8) is 0 Å². The number of fused-ring (bicyclic) bond motifs is 1. The van der Waals surface area contributed by atoms with Gasteiger partial charge in [-0.05, 0) is 37.5 Å².